The highest BCUT2D eigenvalue weighted by molar-refractivity contribution is 7.09. The van der Waals surface area contributed by atoms with Crippen LogP contribution in [0.1, 0.15) is 63.3 Å². The molecule has 0 radical (unpaired) electrons. The lowest BCUT2D eigenvalue weighted by Crippen LogP contribution is -2.51. The summed E-state index contributed by atoms with van der Waals surface area (Å²) in [5.74, 6) is 0.106. The minimum atomic E-state index is -0.490. The Hall–Kier alpha value is -2.14. The van der Waals surface area contributed by atoms with Crippen molar-refractivity contribution in [1.29, 1.82) is 0 Å². The van der Waals surface area contributed by atoms with Crippen LogP contribution < -0.4 is 0 Å². The van der Waals surface area contributed by atoms with E-state index < -0.39 is 5.41 Å². The van der Waals surface area contributed by atoms with Crippen molar-refractivity contribution in [3.8, 4) is 0 Å². The summed E-state index contributed by atoms with van der Waals surface area (Å²) in [6.07, 6.45) is 5.49. The number of carbonyl (C=O) groups excluding carboxylic acids is 2. The van der Waals surface area contributed by atoms with Crippen LogP contribution in [-0.2, 0) is 22.7 Å². The summed E-state index contributed by atoms with van der Waals surface area (Å²) in [7, 11) is 0. The molecule has 1 aliphatic rings. The average molecular weight is 427 g/mol. The summed E-state index contributed by atoms with van der Waals surface area (Å²) in [6, 6.07) is 14.3. The number of hydrogen-bond acceptors (Lipinski definition) is 3. The second-order valence-electron chi connectivity index (χ2n) is 9.29. The molecule has 0 saturated heterocycles. The van der Waals surface area contributed by atoms with Crippen molar-refractivity contribution in [2.75, 3.05) is 6.54 Å². The molecule has 0 aliphatic heterocycles. The van der Waals surface area contributed by atoms with Gasteiger partial charge >= 0.3 is 0 Å². The molecule has 0 unspecified atom stereocenters. The van der Waals surface area contributed by atoms with E-state index in [1.807, 2.05) is 72.3 Å². The van der Waals surface area contributed by atoms with Gasteiger partial charge in [-0.3, -0.25) is 9.59 Å². The van der Waals surface area contributed by atoms with Gasteiger partial charge in [-0.25, -0.2) is 0 Å². The summed E-state index contributed by atoms with van der Waals surface area (Å²) in [6.45, 7) is 7.14. The third-order valence-electron chi connectivity index (χ3n) is 5.72. The van der Waals surface area contributed by atoms with Crippen LogP contribution in [0.15, 0.2) is 47.8 Å². The van der Waals surface area contributed by atoms with Gasteiger partial charge in [0.25, 0.3) is 0 Å². The molecule has 0 spiro atoms. The highest BCUT2D eigenvalue weighted by Gasteiger charge is 2.34. The zero-order valence-corrected chi connectivity index (χ0v) is 19.3. The summed E-state index contributed by atoms with van der Waals surface area (Å²) in [5, 5.41) is 2.04. The number of thiophene rings is 1. The lowest BCUT2D eigenvalue weighted by Gasteiger charge is -2.38. The van der Waals surface area contributed by atoms with Crippen molar-refractivity contribution in [3.63, 3.8) is 0 Å². The monoisotopic (exact) mass is 426 g/mol. The maximum absolute atomic E-state index is 13.5. The van der Waals surface area contributed by atoms with Crippen molar-refractivity contribution in [2.45, 2.75) is 72.0 Å². The first-order valence-electron chi connectivity index (χ1n) is 11.0. The number of rotatable bonds is 7. The zero-order valence-electron chi connectivity index (χ0n) is 18.5. The van der Waals surface area contributed by atoms with E-state index in [0.29, 0.717) is 13.1 Å². The second kappa shape index (κ2) is 10.3. The Kier molecular flexibility index (Phi) is 7.70. The molecule has 2 amide bonds. The van der Waals surface area contributed by atoms with Gasteiger partial charge in [0.15, 0.2) is 0 Å². The quantitative estimate of drug-likeness (QED) is 0.588. The van der Waals surface area contributed by atoms with Crippen LogP contribution in [-0.4, -0.2) is 34.2 Å². The Bertz CT molecular complexity index is 805. The van der Waals surface area contributed by atoms with Gasteiger partial charge < -0.3 is 9.80 Å². The van der Waals surface area contributed by atoms with E-state index >= 15 is 0 Å². The van der Waals surface area contributed by atoms with E-state index in [1.54, 1.807) is 11.3 Å². The molecule has 1 saturated carbocycles. The molecule has 1 aliphatic carbocycles. The molecule has 1 fully saturated rings. The fraction of sp³-hybridized carbons (Fsp3) is 0.520. The molecule has 4 nitrogen and oxygen atoms in total. The largest absolute Gasteiger partial charge is 0.332 e. The van der Waals surface area contributed by atoms with Crippen molar-refractivity contribution in [1.82, 2.24) is 9.80 Å². The van der Waals surface area contributed by atoms with E-state index in [1.165, 1.54) is 6.42 Å². The van der Waals surface area contributed by atoms with Crippen LogP contribution in [0.2, 0.25) is 0 Å². The van der Waals surface area contributed by atoms with E-state index in [2.05, 4.69) is 6.07 Å². The van der Waals surface area contributed by atoms with Crippen molar-refractivity contribution < 1.29 is 9.59 Å². The molecule has 0 bridgehead atoms. The van der Waals surface area contributed by atoms with Gasteiger partial charge in [0, 0.05) is 22.9 Å². The molecule has 3 rings (SSSR count). The van der Waals surface area contributed by atoms with E-state index in [4.69, 9.17) is 0 Å². The normalized spacial score (nSPS) is 15.0. The van der Waals surface area contributed by atoms with Crippen molar-refractivity contribution >= 4 is 23.2 Å². The van der Waals surface area contributed by atoms with E-state index in [-0.39, 0.29) is 24.4 Å². The number of benzene rings is 1. The first-order valence-corrected chi connectivity index (χ1v) is 11.9. The number of amides is 2. The van der Waals surface area contributed by atoms with E-state index in [0.717, 1.165) is 36.1 Å². The Morgan fingerprint density at radius 2 is 1.67 bits per heavy atom. The number of nitrogens with zero attached hydrogens (tertiary/aromatic N) is 2. The van der Waals surface area contributed by atoms with Gasteiger partial charge in [0.2, 0.25) is 11.8 Å². The molecular formula is C25H34N2O2S. The predicted molar refractivity (Wildman–Crippen MR) is 123 cm³/mol. The molecule has 30 heavy (non-hydrogen) atoms. The maximum atomic E-state index is 13.5. The van der Waals surface area contributed by atoms with Crippen LogP contribution in [0.25, 0.3) is 0 Å². The molecule has 1 aromatic carbocycles. The van der Waals surface area contributed by atoms with Crippen LogP contribution in [0.4, 0.5) is 0 Å². The van der Waals surface area contributed by atoms with E-state index in [9.17, 15) is 9.59 Å². The zero-order chi connectivity index (χ0) is 21.6. The second-order valence-corrected chi connectivity index (χ2v) is 10.3. The lowest BCUT2D eigenvalue weighted by atomic mass is 9.89. The van der Waals surface area contributed by atoms with Gasteiger partial charge in [-0.15, -0.1) is 11.3 Å². The standard InChI is InChI=1S/C25H34N2O2S/c1-25(2,3)24(29)27(21-13-8-5-9-14-21)19-23(28)26(18-22-15-10-16-30-22)17-20-11-6-4-7-12-20/h4,6-7,10-12,15-16,21H,5,8-9,13-14,17-19H2,1-3H3. The van der Waals surface area contributed by atoms with Crippen LogP contribution >= 0.6 is 11.3 Å². The SMILES string of the molecule is CC(C)(C)C(=O)N(CC(=O)N(Cc1ccccc1)Cc1cccs1)C1CCCCC1. The highest BCUT2D eigenvalue weighted by atomic mass is 32.1. The first kappa shape index (κ1) is 22.5. The van der Waals surface area contributed by atoms with Gasteiger partial charge in [-0.2, -0.15) is 0 Å². The Labute approximate surface area is 184 Å². The predicted octanol–water partition coefficient (Wildman–Crippen LogP) is 5.48. The lowest BCUT2D eigenvalue weighted by molar-refractivity contribution is -0.149. The summed E-state index contributed by atoms with van der Waals surface area (Å²) >= 11 is 1.66. The summed E-state index contributed by atoms with van der Waals surface area (Å²) in [4.78, 5) is 31.7. The molecule has 5 heteroatoms. The fourth-order valence-electron chi connectivity index (χ4n) is 4.06. The minimum Gasteiger partial charge on any atom is -0.332 e. The molecule has 1 heterocycles. The summed E-state index contributed by atoms with van der Waals surface area (Å²) < 4.78 is 0. The summed E-state index contributed by atoms with van der Waals surface area (Å²) in [5.41, 5.74) is 0.615. The number of hydrogen-bond donors (Lipinski definition) is 0. The molecule has 0 N–H and O–H groups in total. The van der Waals surface area contributed by atoms with Gasteiger partial charge in [-0.1, -0.05) is 76.4 Å². The molecule has 162 valence electrons. The average Bonchev–Trinajstić information content (AvgIpc) is 3.25. The minimum absolute atomic E-state index is 0.0235. The Morgan fingerprint density at radius 3 is 2.27 bits per heavy atom. The maximum Gasteiger partial charge on any atom is 0.242 e. The Balaban J connectivity index is 1.80. The van der Waals surface area contributed by atoms with Gasteiger partial charge in [0.05, 0.1) is 6.54 Å². The third kappa shape index (κ3) is 6.18. The van der Waals surface area contributed by atoms with Gasteiger partial charge in [0.1, 0.15) is 6.54 Å². The fourth-order valence-corrected chi connectivity index (χ4v) is 4.78. The van der Waals surface area contributed by atoms with Crippen molar-refractivity contribution in [3.05, 3.63) is 58.3 Å². The van der Waals surface area contributed by atoms with Crippen LogP contribution in [0.5, 0.6) is 0 Å². The molecular weight excluding hydrogens is 392 g/mol. The van der Waals surface area contributed by atoms with Crippen LogP contribution in [0, 0.1) is 5.41 Å². The molecule has 2 aromatic rings. The third-order valence-corrected chi connectivity index (χ3v) is 6.58. The van der Waals surface area contributed by atoms with Gasteiger partial charge in [-0.05, 0) is 29.9 Å². The highest BCUT2D eigenvalue weighted by Crippen LogP contribution is 2.27. The smallest absolute Gasteiger partial charge is 0.242 e. The van der Waals surface area contributed by atoms with Crippen LogP contribution in [0.3, 0.4) is 0 Å². The Morgan fingerprint density at radius 1 is 0.967 bits per heavy atom. The number of carbonyl (C=O) groups is 2. The van der Waals surface area contributed by atoms with Crippen molar-refractivity contribution in [2.24, 2.45) is 5.41 Å². The topological polar surface area (TPSA) is 40.6 Å². The molecule has 0 atom stereocenters. The molecule has 1 aromatic heterocycles. The first-order chi connectivity index (χ1) is 14.3.